The molecule has 1 N–H and O–H groups in total. The van der Waals surface area contributed by atoms with Gasteiger partial charge >= 0.3 is 0 Å². The maximum absolute atomic E-state index is 10.1. The Kier molecular flexibility index (Phi) is 4.36. The Hall–Kier alpha value is -2.12. The van der Waals surface area contributed by atoms with Gasteiger partial charge in [-0.25, -0.2) is 4.68 Å². The van der Waals surface area contributed by atoms with Crippen molar-refractivity contribution in [2.45, 2.75) is 30.1 Å². The van der Waals surface area contributed by atoms with Gasteiger partial charge < -0.3 is 9.84 Å². The van der Waals surface area contributed by atoms with Crippen molar-refractivity contribution in [3.63, 3.8) is 0 Å². The van der Waals surface area contributed by atoms with Gasteiger partial charge in [0.25, 0.3) is 0 Å². The second-order valence-corrected chi connectivity index (χ2v) is 6.91. The Balaban J connectivity index is 1.30. The number of rotatable bonds is 7. The van der Waals surface area contributed by atoms with E-state index in [1.807, 2.05) is 41.1 Å². The highest BCUT2D eigenvalue weighted by Gasteiger charge is 2.28. The molecule has 1 heterocycles. The Morgan fingerprint density at radius 2 is 2.04 bits per heavy atom. The lowest BCUT2D eigenvalue weighted by Crippen LogP contribution is -2.20. The summed E-state index contributed by atoms with van der Waals surface area (Å²) in [5.41, 5.74) is 0. The van der Waals surface area contributed by atoms with Crippen molar-refractivity contribution in [3.05, 3.63) is 42.5 Å². The Labute approximate surface area is 143 Å². The minimum absolute atomic E-state index is 0.246. The molecule has 2 aromatic carbocycles. The fourth-order valence-electron chi connectivity index (χ4n) is 2.50. The first-order valence-electron chi connectivity index (χ1n) is 8.00. The Morgan fingerprint density at radius 1 is 1.21 bits per heavy atom. The van der Waals surface area contributed by atoms with E-state index in [4.69, 9.17) is 4.74 Å². The van der Waals surface area contributed by atoms with E-state index in [0.717, 1.165) is 29.1 Å². The highest BCUT2D eigenvalue weighted by molar-refractivity contribution is 7.99. The lowest BCUT2D eigenvalue weighted by molar-refractivity contribution is 0.126. The van der Waals surface area contributed by atoms with Crippen molar-refractivity contribution in [2.24, 2.45) is 0 Å². The summed E-state index contributed by atoms with van der Waals surface area (Å²) >= 11 is 1.46. The van der Waals surface area contributed by atoms with E-state index in [9.17, 15) is 5.11 Å². The molecule has 0 spiro atoms. The predicted molar refractivity (Wildman–Crippen MR) is 92.3 cm³/mol. The fourth-order valence-corrected chi connectivity index (χ4v) is 3.35. The largest absolute Gasteiger partial charge is 0.491 e. The molecule has 1 aromatic heterocycles. The van der Waals surface area contributed by atoms with Crippen LogP contribution in [0.1, 0.15) is 18.9 Å². The van der Waals surface area contributed by atoms with E-state index in [1.165, 1.54) is 17.1 Å². The first kappa shape index (κ1) is 15.4. The quantitative estimate of drug-likeness (QED) is 0.666. The highest BCUT2D eigenvalue weighted by atomic mass is 32.2. The number of aromatic nitrogens is 4. The number of thioether (sulfide) groups is 1. The van der Waals surface area contributed by atoms with Crippen LogP contribution in [0.2, 0.25) is 0 Å². The molecule has 1 fully saturated rings. The molecule has 4 rings (SSSR count). The summed E-state index contributed by atoms with van der Waals surface area (Å²) in [6, 6.07) is 14.5. The van der Waals surface area contributed by atoms with Gasteiger partial charge in [-0.1, -0.05) is 42.1 Å². The molecule has 3 aromatic rings. The molecule has 0 amide bonds. The molecule has 1 aliphatic carbocycles. The minimum Gasteiger partial charge on any atom is -0.491 e. The molecule has 0 aliphatic heterocycles. The molecule has 6 nitrogen and oxygen atoms in total. The lowest BCUT2D eigenvalue weighted by Gasteiger charge is -2.12. The van der Waals surface area contributed by atoms with E-state index < -0.39 is 6.10 Å². The molecular weight excluding hydrogens is 324 g/mol. The fraction of sp³-hybridized carbons (Fsp3) is 0.353. The van der Waals surface area contributed by atoms with Gasteiger partial charge in [-0.05, 0) is 46.2 Å². The van der Waals surface area contributed by atoms with E-state index >= 15 is 0 Å². The van der Waals surface area contributed by atoms with E-state index in [0.29, 0.717) is 11.8 Å². The van der Waals surface area contributed by atoms with Crippen molar-refractivity contribution in [1.29, 1.82) is 0 Å². The van der Waals surface area contributed by atoms with Gasteiger partial charge in [-0.2, -0.15) is 0 Å². The first-order chi connectivity index (χ1) is 11.8. The number of ether oxygens (including phenoxy) is 1. The van der Waals surface area contributed by atoms with Crippen LogP contribution in [0.5, 0.6) is 5.75 Å². The van der Waals surface area contributed by atoms with E-state index in [1.54, 1.807) is 0 Å². The third kappa shape index (κ3) is 3.52. The van der Waals surface area contributed by atoms with Gasteiger partial charge in [0.15, 0.2) is 0 Å². The van der Waals surface area contributed by atoms with Crippen molar-refractivity contribution >= 4 is 22.5 Å². The van der Waals surface area contributed by atoms with Crippen molar-refractivity contribution in [2.75, 3.05) is 12.4 Å². The average Bonchev–Trinajstić information content (AvgIpc) is 3.36. The van der Waals surface area contributed by atoms with Crippen molar-refractivity contribution in [3.8, 4) is 5.75 Å². The summed E-state index contributed by atoms with van der Waals surface area (Å²) in [5.74, 6) is 1.27. The number of tetrazole rings is 1. The van der Waals surface area contributed by atoms with Gasteiger partial charge in [0.2, 0.25) is 5.16 Å². The standard InChI is InChI=1S/C17H18N4O2S/c22-15(11-24-17-18-19-20-21(17)14-6-7-14)10-23-16-8-5-12-3-1-2-4-13(12)9-16/h1-5,8-9,14-15,22H,6-7,10-11H2. The molecule has 0 radical (unpaired) electrons. The molecular formula is C17H18N4O2S. The molecule has 24 heavy (non-hydrogen) atoms. The number of aliphatic hydroxyl groups excluding tert-OH is 1. The first-order valence-corrected chi connectivity index (χ1v) is 8.98. The summed E-state index contributed by atoms with van der Waals surface area (Å²) in [6.45, 7) is 0.246. The molecule has 1 atom stereocenters. The van der Waals surface area contributed by atoms with Crippen LogP contribution < -0.4 is 4.74 Å². The summed E-state index contributed by atoms with van der Waals surface area (Å²) in [6.07, 6.45) is 1.68. The van der Waals surface area contributed by atoms with Crippen LogP contribution in [-0.2, 0) is 0 Å². The van der Waals surface area contributed by atoms with Gasteiger partial charge in [-0.3, -0.25) is 0 Å². The predicted octanol–water partition coefficient (Wildman–Crippen LogP) is 2.69. The third-order valence-electron chi connectivity index (χ3n) is 3.92. The summed E-state index contributed by atoms with van der Waals surface area (Å²) in [5, 5.41) is 24.9. The molecule has 1 aliphatic rings. The van der Waals surface area contributed by atoms with Crippen molar-refractivity contribution < 1.29 is 9.84 Å². The second-order valence-electron chi connectivity index (χ2n) is 5.92. The molecule has 0 bridgehead atoms. The number of fused-ring (bicyclic) bond motifs is 1. The zero-order valence-electron chi connectivity index (χ0n) is 13.1. The Morgan fingerprint density at radius 3 is 2.88 bits per heavy atom. The maximum Gasteiger partial charge on any atom is 0.209 e. The number of hydrogen-bond acceptors (Lipinski definition) is 6. The summed E-state index contributed by atoms with van der Waals surface area (Å²) in [4.78, 5) is 0. The monoisotopic (exact) mass is 342 g/mol. The maximum atomic E-state index is 10.1. The number of hydrogen-bond donors (Lipinski definition) is 1. The van der Waals surface area contributed by atoms with Gasteiger partial charge in [0, 0.05) is 5.75 Å². The van der Waals surface area contributed by atoms with Crippen LogP contribution >= 0.6 is 11.8 Å². The van der Waals surface area contributed by atoms with Gasteiger partial charge in [-0.15, -0.1) is 5.10 Å². The van der Waals surface area contributed by atoms with E-state index in [-0.39, 0.29) is 6.61 Å². The average molecular weight is 342 g/mol. The molecule has 7 heteroatoms. The van der Waals surface area contributed by atoms with Crippen LogP contribution in [0.25, 0.3) is 10.8 Å². The number of benzene rings is 2. The van der Waals surface area contributed by atoms with Crippen LogP contribution in [0.3, 0.4) is 0 Å². The summed E-state index contributed by atoms with van der Waals surface area (Å²) in [7, 11) is 0. The summed E-state index contributed by atoms with van der Waals surface area (Å²) < 4.78 is 7.56. The molecule has 124 valence electrons. The topological polar surface area (TPSA) is 73.1 Å². The van der Waals surface area contributed by atoms with Crippen LogP contribution in [0, 0.1) is 0 Å². The molecule has 0 saturated heterocycles. The third-order valence-corrected chi connectivity index (χ3v) is 5.00. The normalized spacial score (nSPS) is 15.5. The SMILES string of the molecule is OC(COc1ccc2ccccc2c1)CSc1nnnn1C1CC1. The van der Waals surface area contributed by atoms with Crippen LogP contribution in [-0.4, -0.2) is 43.8 Å². The van der Waals surface area contributed by atoms with Gasteiger partial charge in [0.1, 0.15) is 12.4 Å². The number of nitrogens with zero attached hydrogens (tertiary/aromatic N) is 4. The van der Waals surface area contributed by atoms with Crippen molar-refractivity contribution in [1.82, 2.24) is 20.2 Å². The Bertz CT molecular complexity index is 834. The zero-order valence-corrected chi connectivity index (χ0v) is 13.9. The zero-order chi connectivity index (χ0) is 16.4. The number of aliphatic hydroxyl groups is 1. The second kappa shape index (κ2) is 6.78. The molecule has 1 saturated carbocycles. The molecule has 1 unspecified atom stereocenters. The van der Waals surface area contributed by atoms with Gasteiger partial charge in [0.05, 0.1) is 12.1 Å². The smallest absolute Gasteiger partial charge is 0.209 e. The lowest BCUT2D eigenvalue weighted by atomic mass is 10.1. The highest BCUT2D eigenvalue weighted by Crippen LogP contribution is 2.36. The van der Waals surface area contributed by atoms with E-state index in [2.05, 4.69) is 21.6 Å². The van der Waals surface area contributed by atoms with Crippen LogP contribution in [0.15, 0.2) is 47.6 Å². The minimum atomic E-state index is -0.578. The van der Waals surface area contributed by atoms with Crippen LogP contribution in [0.4, 0.5) is 0 Å².